The van der Waals surface area contributed by atoms with Crippen molar-refractivity contribution < 1.29 is 19.1 Å². The van der Waals surface area contributed by atoms with Gasteiger partial charge in [0.15, 0.2) is 0 Å². The fourth-order valence-corrected chi connectivity index (χ4v) is 4.13. The Kier molecular flexibility index (Phi) is 8.11. The molecule has 0 radical (unpaired) electrons. The van der Waals surface area contributed by atoms with Gasteiger partial charge in [-0.1, -0.05) is 46.8 Å². The van der Waals surface area contributed by atoms with Crippen LogP contribution in [-0.2, 0) is 14.9 Å². The van der Waals surface area contributed by atoms with Gasteiger partial charge in [0.25, 0.3) is 5.91 Å². The van der Waals surface area contributed by atoms with Crippen molar-refractivity contribution >= 4 is 17.9 Å². The van der Waals surface area contributed by atoms with Gasteiger partial charge in [0.1, 0.15) is 11.6 Å². The van der Waals surface area contributed by atoms with Gasteiger partial charge in [-0.2, -0.15) is 0 Å². The Hall–Kier alpha value is -2.57. The smallest absolute Gasteiger partial charge is 0.408 e. The number of piperazine rings is 1. The van der Waals surface area contributed by atoms with Gasteiger partial charge in [0, 0.05) is 25.2 Å². The van der Waals surface area contributed by atoms with Crippen molar-refractivity contribution in [3.05, 3.63) is 35.4 Å². The van der Waals surface area contributed by atoms with Gasteiger partial charge in [-0.3, -0.25) is 9.59 Å². The number of benzene rings is 1. The van der Waals surface area contributed by atoms with E-state index in [1.165, 1.54) is 5.56 Å². The molecule has 3 amide bonds. The van der Waals surface area contributed by atoms with Gasteiger partial charge in [-0.25, -0.2) is 4.79 Å². The van der Waals surface area contributed by atoms with Crippen molar-refractivity contribution in [3.8, 4) is 0 Å². The summed E-state index contributed by atoms with van der Waals surface area (Å²) in [7, 11) is 0. The van der Waals surface area contributed by atoms with E-state index in [-0.39, 0.29) is 23.1 Å². The van der Waals surface area contributed by atoms with Crippen molar-refractivity contribution in [2.24, 2.45) is 5.92 Å². The maximum Gasteiger partial charge on any atom is 0.408 e. The summed E-state index contributed by atoms with van der Waals surface area (Å²) in [6.45, 7) is 20.7. The first-order valence-electron chi connectivity index (χ1n) is 12.1. The number of carbonyl (C=O) groups is 3. The lowest BCUT2D eigenvalue weighted by Crippen LogP contribution is -2.64. The molecule has 1 aliphatic rings. The monoisotopic (exact) mass is 473 g/mol. The van der Waals surface area contributed by atoms with Crippen molar-refractivity contribution in [2.45, 2.75) is 91.8 Å². The average molecular weight is 474 g/mol. The highest BCUT2D eigenvalue weighted by atomic mass is 16.6. The van der Waals surface area contributed by atoms with Crippen molar-refractivity contribution in [1.82, 2.24) is 15.1 Å². The molecule has 0 spiro atoms. The summed E-state index contributed by atoms with van der Waals surface area (Å²) in [5.41, 5.74) is 0.644. The predicted octanol–water partition coefficient (Wildman–Crippen LogP) is 4.60. The van der Waals surface area contributed by atoms with Crippen molar-refractivity contribution in [1.29, 1.82) is 0 Å². The number of rotatable bonds is 4. The third-order valence-corrected chi connectivity index (χ3v) is 6.06. The van der Waals surface area contributed by atoms with Crippen LogP contribution in [0.15, 0.2) is 24.3 Å². The zero-order valence-corrected chi connectivity index (χ0v) is 22.6. The SMILES string of the molecule is CC(C)[C@H](NC(=O)OC(C)(C)C)C(=O)N1CCN(C(=O)c2ccc(C(C)(C)C)cc2)C(C)(C)C1. The van der Waals surface area contributed by atoms with E-state index in [9.17, 15) is 14.4 Å². The molecular weight excluding hydrogens is 430 g/mol. The van der Waals surface area contributed by atoms with Crippen molar-refractivity contribution in [2.75, 3.05) is 19.6 Å². The van der Waals surface area contributed by atoms with Crippen LogP contribution in [0.5, 0.6) is 0 Å². The molecule has 2 rings (SSSR count). The highest BCUT2D eigenvalue weighted by Gasteiger charge is 2.41. The van der Waals surface area contributed by atoms with Crippen LogP contribution in [0.4, 0.5) is 4.79 Å². The number of hydrogen-bond donors (Lipinski definition) is 1. The van der Waals surface area contributed by atoms with Crippen molar-refractivity contribution in [3.63, 3.8) is 0 Å². The maximum atomic E-state index is 13.4. The third-order valence-electron chi connectivity index (χ3n) is 6.06. The van der Waals surface area contributed by atoms with Crippen LogP contribution in [0.1, 0.15) is 85.2 Å². The number of hydrogen-bond acceptors (Lipinski definition) is 4. The fraction of sp³-hybridized carbons (Fsp3) is 0.667. The number of amides is 3. The molecule has 190 valence electrons. The minimum absolute atomic E-state index is 0.0210. The highest BCUT2D eigenvalue weighted by molar-refractivity contribution is 5.95. The summed E-state index contributed by atoms with van der Waals surface area (Å²) < 4.78 is 5.35. The summed E-state index contributed by atoms with van der Waals surface area (Å²) in [5, 5.41) is 2.74. The number of carbonyl (C=O) groups excluding carboxylic acids is 3. The normalized spacial score (nSPS) is 17.4. The molecule has 1 aromatic rings. The summed E-state index contributed by atoms with van der Waals surface area (Å²) in [6, 6.07) is 7.09. The molecule has 34 heavy (non-hydrogen) atoms. The van der Waals surface area contributed by atoms with Crippen LogP contribution in [0, 0.1) is 5.92 Å². The molecule has 1 aliphatic heterocycles. The Labute approximate surface area is 205 Å². The topological polar surface area (TPSA) is 79.0 Å². The van der Waals surface area contributed by atoms with Gasteiger partial charge in [0.2, 0.25) is 5.91 Å². The van der Waals surface area contributed by atoms with E-state index < -0.39 is 23.3 Å². The number of nitrogens with one attached hydrogen (secondary N) is 1. The Morgan fingerprint density at radius 1 is 0.971 bits per heavy atom. The first-order valence-corrected chi connectivity index (χ1v) is 12.1. The minimum Gasteiger partial charge on any atom is -0.444 e. The van der Waals surface area contributed by atoms with Gasteiger partial charge >= 0.3 is 6.09 Å². The van der Waals surface area contributed by atoms with Gasteiger partial charge < -0.3 is 19.9 Å². The number of alkyl carbamates (subject to hydrolysis) is 1. The molecule has 0 unspecified atom stereocenters. The Morgan fingerprint density at radius 3 is 1.97 bits per heavy atom. The van der Waals surface area contributed by atoms with E-state index in [4.69, 9.17) is 4.74 Å². The Morgan fingerprint density at radius 2 is 1.53 bits per heavy atom. The van der Waals surface area contributed by atoms with E-state index in [1.54, 1.807) is 25.7 Å². The Balaban J connectivity index is 2.12. The summed E-state index contributed by atoms with van der Waals surface area (Å²) in [5.74, 6) is -0.301. The standard InChI is InChI=1S/C27H43N3O4/c1-18(2)21(28-24(33)34-26(6,7)8)23(32)29-15-16-30(27(9,10)17-29)22(31)19-11-13-20(14-12-19)25(3,4)5/h11-14,18,21H,15-17H2,1-10H3,(H,28,33)/t21-/m0/s1. The van der Waals surface area contributed by atoms with Gasteiger partial charge in [-0.05, 0) is 63.6 Å². The van der Waals surface area contributed by atoms with E-state index >= 15 is 0 Å². The molecule has 0 saturated carbocycles. The predicted molar refractivity (Wildman–Crippen MR) is 135 cm³/mol. The quantitative estimate of drug-likeness (QED) is 0.693. The molecule has 0 bridgehead atoms. The Bertz CT molecular complexity index is 892. The van der Waals surface area contributed by atoms with E-state index in [2.05, 4.69) is 26.1 Å². The second kappa shape index (κ2) is 9.96. The lowest BCUT2D eigenvalue weighted by molar-refractivity contribution is -0.138. The average Bonchev–Trinajstić information content (AvgIpc) is 2.68. The molecule has 7 nitrogen and oxygen atoms in total. The number of nitrogens with zero attached hydrogens (tertiary/aromatic N) is 2. The highest BCUT2D eigenvalue weighted by Crippen LogP contribution is 2.27. The van der Waals surface area contributed by atoms with Gasteiger partial charge in [0.05, 0.1) is 5.54 Å². The molecule has 1 saturated heterocycles. The molecular formula is C27H43N3O4. The molecule has 0 aromatic heterocycles. The zero-order chi connectivity index (χ0) is 26.1. The second-order valence-electron chi connectivity index (χ2n) is 12.2. The third kappa shape index (κ3) is 6.97. The fourth-order valence-electron chi connectivity index (χ4n) is 4.13. The van der Waals surface area contributed by atoms with Crippen LogP contribution in [-0.4, -0.2) is 64.5 Å². The summed E-state index contributed by atoms with van der Waals surface area (Å²) >= 11 is 0. The van der Waals surface area contributed by atoms with E-state index in [0.717, 1.165) is 0 Å². The first-order chi connectivity index (χ1) is 15.4. The molecule has 0 aliphatic carbocycles. The summed E-state index contributed by atoms with van der Waals surface area (Å²) in [6.07, 6.45) is -0.605. The van der Waals surface area contributed by atoms with Gasteiger partial charge in [-0.15, -0.1) is 0 Å². The largest absolute Gasteiger partial charge is 0.444 e. The molecule has 1 aromatic carbocycles. The maximum absolute atomic E-state index is 13.4. The van der Waals surface area contributed by atoms with E-state index in [1.807, 2.05) is 56.9 Å². The van der Waals surface area contributed by atoms with Crippen LogP contribution < -0.4 is 5.32 Å². The van der Waals surface area contributed by atoms with Crippen LogP contribution in [0.25, 0.3) is 0 Å². The minimum atomic E-state index is -0.696. The lowest BCUT2D eigenvalue weighted by Gasteiger charge is -2.48. The molecule has 7 heteroatoms. The van der Waals surface area contributed by atoms with Crippen LogP contribution in [0.3, 0.4) is 0 Å². The molecule has 1 N–H and O–H groups in total. The lowest BCUT2D eigenvalue weighted by atomic mass is 9.86. The second-order valence-corrected chi connectivity index (χ2v) is 12.2. The zero-order valence-electron chi connectivity index (χ0n) is 22.6. The molecule has 1 heterocycles. The van der Waals surface area contributed by atoms with Crippen LogP contribution in [0.2, 0.25) is 0 Å². The van der Waals surface area contributed by atoms with Crippen LogP contribution >= 0.6 is 0 Å². The molecule has 1 fully saturated rings. The first kappa shape index (κ1) is 27.7. The number of ether oxygens (including phenoxy) is 1. The summed E-state index contributed by atoms with van der Waals surface area (Å²) in [4.78, 5) is 42.6. The molecule has 1 atom stereocenters. The van der Waals surface area contributed by atoms with E-state index in [0.29, 0.717) is 25.2 Å².